The first kappa shape index (κ1) is 15.2. The highest BCUT2D eigenvalue weighted by atomic mass is 15.3. The standard InChI is InChI=1S/C15H32N4/c1-13-10-17(3)12-15(19(13)5)7-6-14-11-16(2)8-9-18(14)4/h13-15H,6-12H2,1-5H3/t13-,14?,15-/m1/s1. The van der Waals surface area contributed by atoms with E-state index in [1.807, 2.05) is 0 Å². The fraction of sp³-hybridized carbons (Fsp3) is 1.00. The van der Waals surface area contributed by atoms with Crippen LogP contribution in [0.15, 0.2) is 0 Å². The van der Waals surface area contributed by atoms with E-state index in [0.29, 0.717) is 6.04 Å². The van der Waals surface area contributed by atoms with Crippen molar-refractivity contribution in [3.8, 4) is 0 Å². The van der Waals surface area contributed by atoms with Gasteiger partial charge in [-0.2, -0.15) is 0 Å². The summed E-state index contributed by atoms with van der Waals surface area (Å²) in [6, 6.07) is 2.17. The minimum absolute atomic E-state index is 0.690. The lowest BCUT2D eigenvalue weighted by Crippen LogP contribution is -2.55. The maximum atomic E-state index is 2.59. The molecule has 2 rings (SSSR count). The quantitative estimate of drug-likeness (QED) is 0.745. The zero-order valence-corrected chi connectivity index (χ0v) is 13.5. The lowest BCUT2D eigenvalue weighted by molar-refractivity contribution is 0.0484. The normalized spacial score (nSPS) is 36.8. The molecule has 4 heteroatoms. The molecule has 0 spiro atoms. The van der Waals surface area contributed by atoms with Gasteiger partial charge in [-0.25, -0.2) is 0 Å². The molecule has 0 radical (unpaired) electrons. The van der Waals surface area contributed by atoms with Crippen molar-refractivity contribution in [3.05, 3.63) is 0 Å². The molecule has 0 amide bonds. The Labute approximate surface area is 119 Å². The smallest absolute Gasteiger partial charge is 0.0223 e. The van der Waals surface area contributed by atoms with Crippen molar-refractivity contribution >= 4 is 0 Å². The molecule has 2 aliphatic heterocycles. The first-order chi connectivity index (χ1) is 8.97. The third-order valence-electron chi connectivity index (χ3n) is 5.18. The maximum absolute atomic E-state index is 2.59. The van der Waals surface area contributed by atoms with Gasteiger partial charge in [0.05, 0.1) is 0 Å². The minimum atomic E-state index is 0.690. The van der Waals surface area contributed by atoms with Gasteiger partial charge >= 0.3 is 0 Å². The largest absolute Gasteiger partial charge is 0.304 e. The highest BCUT2D eigenvalue weighted by Crippen LogP contribution is 2.19. The van der Waals surface area contributed by atoms with Crippen LogP contribution in [0.2, 0.25) is 0 Å². The number of rotatable bonds is 3. The Balaban J connectivity index is 1.83. The summed E-state index contributed by atoms with van der Waals surface area (Å²) in [5.74, 6) is 0. The topological polar surface area (TPSA) is 13.0 Å². The van der Waals surface area contributed by atoms with E-state index in [0.717, 1.165) is 12.1 Å². The molecule has 0 aliphatic carbocycles. The van der Waals surface area contributed by atoms with Crippen LogP contribution < -0.4 is 0 Å². The van der Waals surface area contributed by atoms with Crippen LogP contribution >= 0.6 is 0 Å². The Kier molecular flexibility index (Phi) is 5.23. The second-order valence-electron chi connectivity index (χ2n) is 6.86. The number of hydrogen-bond donors (Lipinski definition) is 0. The molecule has 2 heterocycles. The first-order valence-electron chi connectivity index (χ1n) is 7.76. The summed E-state index contributed by atoms with van der Waals surface area (Å²) in [4.78, 5) is 10.1. The summed E-state index contributed by atoms with van der Waals surface area (Å²) >= 11 is 0. The third-order valence-corrected chi connectivity index (χ3v) is 5.18. The molecule has 0 saturated carbocycles. The van der Waals surface area contributed by atoms with Gasteiger partial charge in [0, 0.05) is 50.8 Å². The summed E-state index contributed by atoms with van der Waals surface area (Å²) in [6.45, 7) is 8.46. The summed E-state index contributed by atoms with van der Waals surface area (Å²) in [5, 5.41) is 0. The van der Waals surface area contributed by atoms with Gasteiger partial charge in [0.25, 0.3) is 0 Å². The van der Waals surface area contributed by atoms with Crippen LogP contribution in [-0.4, -0.2) is 98.6 Å². The van der Waals surface area contributed by atoms with Gasteiger partial charge < -0.3 is 14.7 Å². The highest BCUT2D eigenvalue weighted by Gasteiger charge is 2.29. The van der Waals surface area contributed by atoms with E-state index in [2.05, 4.69) is 54.7 Å². The van der Waals surface area contributed by atoms with E-state index in [1.54, 1.807) is 0 Å². The van der Waals surface area contributed by atoms with Gasteiger partial charge in [-0.1, -0.05) is 0 Å². The molecular weight excluding hydrogens is 236 g/mol. The van der Waals surface area contributed by atoms with E-state index in [4.69, 9.17) is 0 Å². The molecule has 0 N–H and O–H groups in total. The SMILES string of the molecule is C[C@@H]1CN(C)C[C@@H](CCC2CN(C)CCN2C)N1C. The van der Waals surface area contributed by atoms with Gasteiger partial charge in [-0.3, -0.25) is 4.90 Å². The molecular formula is C15H32N4. The van der Waals surface area contributed by atoms with Crippen LogP contribution in [-0.2, 0) is 0 Å². The number of piperazine rings is 2. The monoisotopic (exact) mass is 268 g/mol. The van der Waals surface area contributed by atoms with Gasteiger partial charge in [0.2, 0.25) is 0 Å². The van der Waals surface area contributed by atoms with E-state index in [1.165, 1.54) is 45.6 Å². The molecule has 0 aromatic heterocycles. The van der Waals surface area contributed by atoms with Gasteiger partial charge in [-0.05, 0) is 48.0 Å². The summed E-state index contributed by atoms with van der Waals surface area (Å²) < 4.78 is 0. The number of likely N-dealkylation sites (N-methyl/N-ethyl adjacent to an activating group) is 4. The molecule has 2 saturated heterocycles. The predicted molar refractivity (Wildman–Crippen MR) is 81.7 cm³/mol. The molecule has 4 nitrogen and oxygen atoms in total. The predicted octanol–water partition coefficient (Wildman–Crippen LogP) is 0.647. The van der Waals surface area contributed by atoms with Crippen LogP contribution in [0, 0.1) is 0 Å². The third kappa shape index (κ3) is 3.91. The summed E-state index contributed by atoms with van der Waals surface area (Å²) in [7, 11) is 9.11. The van der Waals surface area contributed by atoms with Crippen molar-refractivity contribution < 1.29 is 0 Å². The van der Waals surface area contributed by atoms with Crippen LogP contribution in [0.3, 0.4) is 0 Å². The zero-order chi connectivity index (χ0) is 14.0. The molecule has 19 heavy (non-hydrogen) atoms. The van der Waals surface area contributed by atoms with Gasteiger partial charge in [0.15, 0.2) is 0 Å². The lowest BCUT2D eigenvalue weighted by atomic mass is 9.99. The molecule has 0 aromatic rings. The van der Waals surface area contributed by atoms with E-state index >= 15 is 0 Å². The second kappa shape index (κ2) is 6.53. The Bertz CT molecular complexity index is 283. The lowest BCUT2D eigenvalue weighted by Gasteiger charge is -2.44. The molecule has 3 atom stereocenters. The Morgan fingerprint density at radius 3 is 2.16 bits per heavy atom. The summed E-state index contributed by atoms with van der Waals surface area (Å²) in [6.07, 6.45) is 2.66. The molecule has 2 fully saturated rings. The van der Waals surface area contributed by atoms with E-state index in [-0.39, 0.29) is 0 Å². The Hall–Kier alpha value is -0.160. The Morgan fingerprint density at radius 1 is 0.789 bits per heavy atom. The van der Waals surface area contributed by atoms with Gasteiger partial charge in [-0.15, -0.1) is 0 Å². The zero-order valence-electron chi connectivity index (χ0n) is 13.5. The molecule has 0 aromatic carbocycles. The fourth-order valence-electron chi connectivity index (χ4n) is 3.60. The maximum Gasteiger partial charge on any atom is 0.0223 e. The van der Waals surface area contributed by atoms with Crippen molar-refractivity contribution in [3.63, 3.8) is 0 Å². The van der Waals surface area contributed by atoms with Crippen molar-refractivity contribution in [1.82, 2.24) is 19.6 Å². The van der Waals surface area contributed by atoms with Crippen LogP contribution in [0.1, 0.15) is 19.8 Å². The first-order valence-corrected chi connectivity index (χ1v) is 7.76. The van der Waals surface area contributed by atoms with Crippen LogP contribution in [0.25, 0.3) is 0 Å². The molecule has 1 unspecified atom stereocenters. The average Bonchev–Trinajstić information content (AvgIpc) is 2.35. The van der Waals surface area contributed by atoms with E-state index < -0.39 is 0 Å². The fourth-order valence-corrected chi connectivity index (χ4v) is 3.60. The minimum Gasteiger partial charge on any atom is -0.304 e. The highest BCUT2D eigenvalue weighted by molar-refractivity contribution is 4.86. The van der Waals surface area contributed by atoms with Crippen LogP contribution in [0.4, 0.5) is 0 Å². The average molecular weight is 268 g/mol. The second-order valence-corrected chi connectivity index (χ2v) is 6.86. The van der Waals surface area contributed by atoms with Gasteiger partial charge in [0.1, 0.15) is 0 Å². The molecule has 0 bridgehead atoms. The Morgan fingerprint density at radius 2 is 1.42 bits per heavy atom. The molecule has 2 aliphatic rings. The van der Waals surface area contributed by atoms with Crippen molar-refractivity contribution in [2.75, 3.05) is 60.9 Å². The number of nitrogens with zero attached hydrogens (tertiary/aromatic N) is 4. The van der Waals surface area contributed by atoms with E-state index in [9.17, 15) is 0 Å². The van der Waals surface area contributed by atoms with Crippen molar-refractivity contribution in [1.29, 1.82) is 0 Å². The molecule has 112 valence electrons. The van der Waals surface area contributed by atoms with Crippen molar-refractivity contribution in [2.24, 2.45) is 0 Å². The van der Waals surface area contributed by atoms with Crippen LogP contribution in [0.5, 0.6) is 0 Å². The van der Waals surface area contributed by atoms with Crippen molar-refractivity contribution in [2.45, 2.75) is 37.9 Å². The summed E-state index contributed by atoms with van der Waals surface area (Å²) in [5.41, 5.74) is 0. The number of hydrogen-bond acceptors (Lipinski definition) is 4.